The van der Waals surface area contributed by atoms with Gasteiger partial charge in [-0.3, -0.25) is 10.1 Å². The lowest BCUT2D eigenvalue weighted by Crippen LogP contribution is -1.87. The number of pyridine rings is 1. The summed E-state index contributed by atoms with van der Waals surface area (Å²) in [5, 5.41) is 8.35. The molecule has 1 N–H and O–H groups in total. The van der Waals surface area contributed by atoms with Gasteiger partial charge in [-0.05, 0) is 29.8 Å². The van der Waals surface area contributed by atoms with Crippen molar-refractivity contribution in [1.82, 2.24) is 15.2 Å². The van der Waals surface area contributed by atoms with E-state index in [1.165, 1.54) is 16.7 Å². The Morgan fingerprint density at radius 2 is 2.16 bits per heavy atom. The van der Waals surface area contributed by atoms with Crippen LogP contribution in [0.4, 0.5) is 0 Å². The van der Waals surface area contributed by atoms with Crippen molar-refractivity contribution in [2.24, 2.45) is 0 Å². The quantitative estimate of drug-likeness (QED) is 0.571. The second-order valence-electron chi connectivity index (χ2n) is 4.65. The van der Waals surface area contributed by atoms with E-state index in [0.29, 0.717) is 0 Å². The first-order valence-corrected chi connectivity index (χ1v) is 6.47. The first kappa shape index (κ1) is 10.8. The summed E-state index contributed by atoms with van der Waals surface area (Å²) in [7, 11) is 0. The molecule has 0 saturated heterocycles. The molecule has 0 bridgehead atoms. The minimum atomic E-state index is 0.778. The smallest absolute Gasteiger partial charge is 0.0978 e. The molecule has 4 heteroatoms. The fraction of sp³-hybridized carbons (Fsp3) is 0.0667. The average molecular weight is 268 g/mol. The van der Waals surface area contributed by atoms with Gasteiger partial charge in [-0.15, -0.1) is 0 Å². The standard InChI is InChI=1S/C15H10ClN3/c16-11-3-4-12-10(6-11)7-13-14(18-19-15(12)13)9-2-1-5-17-8-9/h1-6,8H,7H2,(H,18,19). The van der Waals surface area contributed by atoms with Gasteiger partial charge in [0.05, 0.1) is 11.4 Å². The van der Waals surface area contributed by atoms with E-state index in [9.17, 15) is 0 Å². The molecule has 0 atom stereocenters. The molecule has 1 aliphatic rings. The highest BCUT2D eigenvalue weighted by molar-refractivity contribution is 6.30. The fourth-order valence-electron chi connectivity index (χ4n) is 2.64. The number of benzene rings is 1. The lowest BCUT2D eigenvalue weighted by molar-refractivity contribution is 1.09. The first-order valence-electron chi connectivity index (χ1n) is 6.09. The average Bonchev–Trinajstić information content (AvgIpc) is 2.97. The van der Waals surface area contributed by atoms with Crippen molar-refractivity contribution in [2.75, 3.05) is 0 Å². The van der Waals surface area contributed by atoms with Crippen molar-refractivity contribution in [1.29, 1.82) is 0 Å². The number of fused-ring (bicyclic) bond motifs is 3. The number of H-pyrrole nitrogens is 1. The summed E-state index contributed by atoms with van der Waals surface area (Å²) < 4.78 is 0. The minimum Gasteiger partial charge on any atom is -0.277 e. The van der Waals surface area contributed by atoms with Crippen molar-refractivity contribution in [3.63, 3.8) is 0 Å². The lowest BCUT2D eigenvalue weighted by Gasteiger charge is -2.00. The molecule has 0 spiro atoms. The molecule has 0 saturated carbocycles. The van der Waals surface area contributed by atoms with Gasteiger partial charge in [0, 0.05) is 40.5 Å². The van der Waals surface area contributed by atoms with Crippen LogP contribution in [0, 0.1) is 0 Å². The number of rotatable bonds is 1. The highest BCUT2D eigenvalue weighted by atomic mass is 35.5. The molecule has 0 amide bonds. The summed E-state index contributed by atoms with van der Waals surface area (Å²) in [4.78, 5) is 4.15. The molecule has 3 nitrogen and oxygen atoms in total. The fourth-order valence-corrected chi connectivity index (χ4v) is 2.84. The van der Waals surface area contributed by atoms with E-state index in [-0.39, 0.29) is 0 Å². The van der Waals surface area contributed by atoms with Crippen molar-refractivity contribution < 1.29 is 0 Å². The van der Waals surface area contributed by atoms with E-state index in [4.69, 9.17) is 11.6 Å². The Morgan fingerprint density at radius 3 is 3.00 bits per heavy atom. The Balaban J connectivity index is 1.88. The molecule has 0 radical (unpaired) electrons. The first-order chi connectivity index (χ1) is 9.33. The predicted molar refractivity (Wildman–Crippen MR) is 75.1 cm³/mol. The van der Waals surface area contributed by atoms with E-state index in [1.54, 1.807) is 6.20 Å². The van der Waals surface area contributed by atoms with Gasteiger partial charge >= 0.3 is 0 Å². The molecule has 4 rings (SSSR count). The Labute approximate surface area is 115 Å². The van der Waals surface area contributed by atoms with Gasteiger partial charge in [0.2, 0.25) is 0 Å². The van der Waals surface area contributed by atoms with E-state index < -0.39 is 0 Å². The summed E-state index contributed by atoms with van der Waals surface area (Å²) in [6.07, 6.45) is 4.48. The molecule has 1 aromatic carbocycles. The van der Waals surface area contributed by atoms with Crippen LogP contribution in [0.15, 0.2) is 42.7 Å². The van der Waals surface area contributed by atoms with Crippen LogP contribution >= 0.6 is 11.6 Å². The zero-order valence-electron chi connectivity index (χ0n) is 10.0. The molecule has 0 unspecified atom stereocenters. The van der Waals surface area contributed by atoms with Crippen molar-refractivity contribution in [3.8, 4) is 22.5 Å². The molecule has 0 aliphatic heterocycles. The van der Waals surface area contributed by atoms with Crippen LogP contribution in [0.25, 0.3) is 22.5 Å². The molecule has 0 fully saturated rings. The number of hydrogen-bond donors (Lipinski definition) is 1. The van der Waals surface area contributed by atoms with Crippen LogP contribution in [-0.2, 0) is 6.42 Å². The zero-order chi connectivity index (χ0) is 12.8. The summed E-state index contributed by atoms with van der Waals surface area (Å²) in [6.45, 7) is 0. The predicted octanol–water partition coefficient (Wildman–Crippen LogP) is 3.70. The van der Waals surface area contributed by atoms with Crippen LogP contribution in [0.5, 0.6) is 0 Å². The van der Waals surface area contributed by atoms with E-state index in [1.807, 2.05) is 30.5 Å². The SMILES string of the molecule is Clc1ccc2c(c1)Cc1c(-c3cccnc3)n[nH]c1-2. The Morgan fingerprint density at radius 1 is 1.21 bits per heavy atom. The van der Waals surface area contributed by atoms with Crippen molar-refractivity contribution >= 4 is 11.6 Å². The topological polar surface area (TPSA) is 41.6 Å². The van der Waals surface area contributed by atoms with Crippen LogP contribution in [-0.4, -0.2) is 15.2 Å². The number of hydrogen-bond acceptors (Lipinski definition) is 2. The molecule has 3 aromatic rings. The van der Waals surface area contributed by atoms with Crippen LogP contribution < -0.4 is 0 Å². The van der Waals surface area contributed by atoms with Gasteiger partial charge in [0.15, 0.2) is 0 Å². The molecule has 2 aromatic heterocycles. The van der Waals surface area contributed by atoms with Crippen LogP contribution in [0.3, 0.4) is 0 Å². The van der Waals surface area contributed by atoms with Gasteiger partial charge in [-0.2, -0.15) is 5.10 Å². The second-order valence-corrected chi connectivity index (χ2v) is 5.08. The van der Waals surface area contributed by atoms with Crippen molar-refractivity contribution in [2.45, 2.75) is 6.42 Å². The maximum atomic E-state index is 6.05. The van der Waals surface area contributed by atoms with Crippen LogP contribution in [0.1, 0.15) is 11.1 Å². The maximum absolute atomic E-state index is 6.05. The monoisotopic (exact) mass is 267 g/mol. The highest BCUT2D eigenvalue weighted by Crippen LogP contribution is 2.40. The number of nitrogens with one attached hydrogen (secondary N) is 1. The maximum Gasteiger partial charge on any atom is 0.0978 e. The summed E-state index contributed by atoms with van der Waals surface area (Å²) >= 11 is 6.05. The summed E-state index contributed by atoms with van der Waals surface area (Å²) in [6, 6.07) is 9.95. The van der Waals surface area contributed by atoms with E-state index >= 15 is 0 Å². The Kier molecular flexibility index (Phi) is 2.23. The highest BCUT2D eigenvalue weighted by Gasteiger charge is 2.25. The van der Waals surface area contributed by atoms with Crippen LogP contribution in [0.2, 0.25) is 5.02 Å². The summed E-state index contributed by atoms with van der Waals surface area (Å²) in [5.41, 5.74) is 6.80. The molecular weight excluding hydrogens is 258 g/mol. The number of nitrogens with zero attached hydrogens (tertiary/aromatic N) is 2. The number of aromatic amines is 1. The van der Waals surface area contributed by atoms with Gasteiger partial charge < -0.3 is 0 Å². The summed E-state index contributed by atoms with van der Waals surface area (Å²) in [5.74, 6) is 0. The third-order valence-electron chi connectivity index (χ3n) is 3.51. The molecule has 19 heavy (non-hydrogen) atoms. The molecule has 1 aliphatic carbocycles. The van der Waals surface area contributed by atoms with Crippen molar-refractivity contribution in [3.05, 3.63) is 58.9 Å². The zero-order valence-corrected chi connectivity index (χ0v) is 10.8. The number of aromatic nitrogens is 3. The van der Waals surface area contributed by atoms with Gasteiger partial charge in [-0.1, -0.05) is 17.7 Å². The molecule has 92 valence electrons. The van der Waals surface area contributed by atoms with Gasteiger partial charge in [0.25, 0.3) is 0 Å². The second kappa shape index (κ2) is 3.93. The Bertz CT molecular complexity index is 762. The van der Waals surface area contributed by atoms with Gasteiger partial charge in [-0.25, -0.2) is 0 Å². The van der Waals surface area contributed by atoms with E-state index in [0.717, 1.165) is 28.4 Å². The Hall–Kier alpha value is -2.13. The molecule has 2 heterocycles. The van der Waals surface area contributed by atoms with Gasteiger partial charge in [0.1, 0.15) is 0 Å². The third kappa shape index (κ3) is 1.59. The normalized spacial score (nSPS) is 12.3. The largest absolute Gasteiger partial charge is 0.277 e. The molecular formula is C15H10ClN3. The lowest BCUT2D eigenvalue weighted by atomic mass is 10.1. The van der Waals surface area contributed by atoms with E-state index in [2.05, 4.69) is 21.2 Å². The number of halogens is 1. The third-order valence-corrected chi connectivity index (χ3v) is 3.74. The minimum absolute atomic E-state index is 0.778.